The zero-order valence-corrected chi connectivity index (χ0v) is 26.1. The second-order valence-electron chi connectivity index (χ2n) is 12.6. The first kappa shape index (κ1) is 29.5. The van der Waals surface area contributed by atoms with Gasteiger partial charge in [-0.2, -0.15) is 5.10 Å². The van der Waals surface area contributed by atoms with E-state index >= 15 is 0 Å². The van der Waals surface area contributed by atoms with E-state index < -0.39 is 17.2 Å². The van der Waals surface area contributed by atoms with Gasteiger partial charge in [0.15, 0.2) is 6.23 Å². The molecule has 3 heterocycles. The highest BCUT2D eigenvalue weighted by molar-refractivity contribution is 9.10. The number of nitrogens with one attached hydrogen (secondary N) is 1. The Morgan fingerprint density at radius 1 is 1.30 bits per heavy atom. The first-order chi connectivity index (χ1) is 18.9. The number of likely N-dealkylation sites (tertiary alicyclic amines) is 1. The van der Waals surface area contributed by atoms with Crippen molar-refractivity contribution in [3.8, 4) is 0 Å². The van der Waals surface area contributed by atoms with E-state index in [1.807, 2.05) is 44.6 Å². The van der Waals surface area contributed by atoms with E-state index in [1.165, 1.54) is 0 Å². The summed E-state index contributed by atoms with van der Waals surface area (Å²) in [7, 11) is 0. The van der Waals surface area contributed by atoms with Crippen LogP contribution in [0.2, 0.25) is 5.02 Å². The molecule has 1 aliphatic carbocycles. The zero-order chi connectivity index (χ0) is 28.7. The molecule has 0 radical (unpaired) electrons. The molecule has 11 heteroatoms. The van der Waals surface area contributed by atoms with E-state index in [4.69, 9.17) is 25.8 Å². The molecule has 2 amide bonds. The molecule has 3 fully saturated rings. The van der Waals surface area contributed by atoms with E-state index in [1.54, 1.807) is 4.90 Å². The molecule has 1 saturated carbocycles. The lowest BCUT2D eigenvalue weighted by atomic mass is 9.91. The Bertz CT molecular complexity index is 1260. The molecule has 2 saturated heterocycles. The van der Waals surface area contributed by atoms with Gasteiger partial charge in [0.05, 0.1) is 23.9 Å². The van der Waals surface area contributed by atoms with Crippen molar-refractivity contribution in [2.75, 3.05) is 26.3 Å². The van der Waals surface area contributed by atoms with Crippen molar-refractivity contribution in [1.82, 2.24) is 20.0 Å². The van der Waals surface area contributed by atoms with E-state index in [0.717, 1.165) is 77.5 Å². The predicted molar refractivity (Wildman–Crippen MR) is 157 cm³/mol. The lowest BCUT2D eigenvalue weighted by Gasteiger charge is -2.40. The van der Waals surface area contributed by atoms with Crippen LogP contribution < -0.4 is 5.32 Å². The van der Waals surface area contributed by atoms with E-state index in [2.05, 4.69) is 26.3 Å². The number of hydrogen-bond acceptors (Lipinski definition) is 6. The van der Waals surface area contributed by atoms with Crippen LogP contribution in [0.15, 0.2) is 16.7 Å². The molecule has 3 aliphatic rings. The number of ether oxygens (including phenoxy) is 3. The number of alkyl carbamates (subject to hydrolysis) is 1. The number of aromatic nitrogens is 2. The molecule has 2 aliphatic heterocycles. The number of halogens is 2. The van der Waals surface area contributed by atoms with E-state index in [0.29, 0.717) is 31.5 Å². The van der Waals surface area contributed by atoms with Gasteiger partial charge in [0.2, 0.25) is 0 Å². The lowest BCUT2D eigenvalue weighted by Crippen LogP contribution is -2.58. The van der Waals surface area contributed by atoms with Crippen molar-refractivity contribution in [3.05, 3.63) is 27.3 Å². The number of nitrogens with zero attached hydrogens (tertiary/aromatic N) is 3. The van der Waals surface area contributed by atoms with Crippen molar-refractivity contribution in [2.24, 2.45) is 5.92 Å². The molecule has 2 aromatic rings. The van der Waals surface area contributed by atoms with Crippen molar-refractivity contribution in [3.63, 3.8) is 0 Å². The number of benzene rings is 1. The second kappa shape index (κ2) is 11.7. The number of hydrogen-bond donors (Lipinski definition) is 1. The summed E-state index contributed by atoms with van der Waals surface area (Å²) >= 11 is 10.6. The fourth-order valence-corrected chi connectivity index (χ4v) is 7.21. The maximum atomic E-state index is 12.6. The fraction of sp³-hybridized carbons (Fsp3) is 0.690. The van der Waals surface area contributed by atoms with Gasteiger partial charge in [-0.1, -0.05) is 11.6 Å². The Balaban J connectivity index is 1.12. The molecular weight excluding hydrogens is 600 g/mol. The van der Waals surface area contributed by atoms with Crippen LogP contribution >= 0.6 is 27.5 Å². The molecule has 9 nitrogen and oxygen atoms in total. The number of amides is 2. The van der Waals surface area contributed by atoms with Gasteiger partial charge in [-0.25, -0.2) is 14.3 Å². The molecule has 40 heavy (non-hydrogen) atoms. The third kappa shape index (κ3) is 6.71. The topological polar surface area (TPSA) is 94.9 Å². The second-order valence-corrected chi connectivity index (χ2v) is 13.8. The van der Waals surface area contributed by atoms with Gasteiger partial charge in [-0.3, -0.25) is 0 Å². The van der Waals surface area contributed by atoms with Gasteiger partial charge in [0.1, 0.15) is 5.60 Å². The van der Waals surface area contributed by atoms with Gasteiger partial charge >= 0.3 is 12.2 Å². The molecule has 5 rings (SSSR count). The molecule has 4 atom stereocenters. The predicted octanol–water partition coefficient (Wildman–Crippen LogP) is 7.16. The highest BCUT2D eigenvalue weighted by atomic mass is 79.9. The summed E-state index contributed by atoms with van der Waals surface area (Å²) in [5, 5.41) is 9.37. The maximum Gasteiger partial charge on any atom is 0.410 e. The largest absolute Gasteiger partial charge is 0.450 e. The van der Waals surface area contributed by atoms with Crippen LogP contribution in [0.4, 0.5) is 9.59 Å². The first-order valence-electron chi connectivity index (χ1n) is 14.3. The molecule has 0 spiro atoms. The van der Waals surface area contributed by atoms with Crippen molar-refractivity contribution >= 4 is 50.6 Å². The molecule has 1 unspecified atom stereocenters. The Morgan fingerprint density at radius 3 is 2.83 bits per heavy atom. The van der Waals surface area contributed by atoms with Gasteiger partial charge < -0.3 is 24.4 Å². The van der Waals surface area contributed by atoms with E-state index in [-0.39, 0.29) is 12.3 Å². The average Bonchev–Trinajstić information content (AvgIpc) is 3.49. The Morgan fingerprint density at radius 2 is 2.10 bits per heavy atom. The summed E-state index contributed by atoms with van der Waals surface area (Å²) in [6.07, 6.45) is 7.51. The van der Waals surface area contributed by atoms with Crippen LogP contribution in [-0.2, 0) is 14.2 Å². The van der Waals surface area contributed by atoms with Crippen LogP contribution in [-0.4, -0.2) is 64.3 Å². The van der Waals surface area contributed by atoms with Crippen molar-refractivity contribution in [2.45, 2.75) is 95.9 Å². The van der Waals surface area contributed by atoms with Crippen LogP contribution in [0, 0.1) is 5.92 Å². The highest BCUT2D eigenvalue weighted by Gasteiger charge is 2.41. The Hall–Kier alpha value is -2.04. The third-order valence-corrected chi connectivity index (χ3v) is 9.19. The molecule has 0 bridgehead atoms. The summed E-state index contributed by atoms with van der Waals surface area (Å²) in [5.41, 5.74) is 0.959. The Kier molecular flexibility index (Phi) is 8.60. The summed E-state index contributed by atoms with van der Waals surface area (Å²) in [4.78, 5) is 26.8. The van der Waals surface area contributed by atoms with Gasteiger partial charge in [-0.05, 0) is 112 Å². The standard InChI is InChI=1S/C29H40BrClN4O5/c1-28(2,3)40-27(37)34-11-7-10-29(4,17-34)33-26(36)39-13-9-18-14-19(18)24-21(31)15-22-20(25(24)30)16-32-35(22)23-8-5-6-12-38-23/h15-16,18-19,23H,5-14,17H2,1-4H3,(H,33,36)/t18-,19+,23?,29-/m1/s1. The van der Waals surface area contributed by atoms with Gasteiger partial charge in [-0.15, -0.1) is 0 Å². The summed E-state index contributed by atoms with van der Waals surface area (Å²) in [6, 6.07) is 2.01. The fourth-order valence-electron chi connectivity index (χ4n) is 5.95. The number of carbonyl (C=O) groups excluding carboxylic acids is 2. The van der Waals surface area contributed by atoms with Crippen LogP contribution in [0.3, 0.4) is 0 Å². The van der Waals surface area contributed by atoms with Crippen molar-refractivity contribution in [1.29, 1.82) is 0 Å². The first-order valence-corrected chi connectivity index (χ1v) is 15.5. The normalized spacial score (nSPS) is 26.9. The molecule has 220 valence electrons. The SMILES string of the molecule is CC(C)(C)OC(=O)N1CCC[C@@](C)(NC(=O)OCC[C@@H]2C[C@@H]2c2c(Cl)cc3c(cnn3C3CCCCO3)c2Br)C1. The quantitative estimate of drug-likeness (QED) is 0.360. The number of piperidine rings is 1. The summed E-state index contributed by atoms with van der Waals surface area (Å²) in [5.74, 6) is 0.703. The molecule has 1 aromatic heterocycles. The average molecular weight is 640 g/mol. The number of fused-ring (bicyclic) bond motifs is 1. The number of rotatable bonds is 6. The lowest BCUT2D eigenvalue weighted by molar-refractivity contribution is -0.0366. The van der Waals surface area contributed by atoms with Crippen LogP contribution in [0.5, 0.6) is 0 Å². The minimum atomic E-state index is -0.560. The molecular formula is C29H40BrClN4O5. The monoisotopic (exact) mass is 638 g/mol. The maximum absolute atomic E-state index is 12.6. The van der Waals surface area contributed by atoms with E-state index in [9.17, 15) is 9.59 Å². The van der Waals surface area contributed by atoms with Crippen molar-refractivity contribution < 1.29 is 23.8 Å². The van der Waals surface area contributed by atoms with Gasteiger partial charge in [0, 0.05) is 34.6 Å². The molecule has 1 aromatic carbocycles. The minimum absolute atomic E-state index is 0.0479. The number of carbonyl (C=O) groups is 2. The smallest absolute Gasteiger partial charge is 0.410 e. The summed E-state index contributed by atoms with van der Waals surface area (Å²) in [6.45, 7) is 9.57. The minimum Gasteiger partial charge on any atom is -0.450 e. The summed E-state index contributed by atoms with van der Waals surface area (Å²) < 4.78 is 20.0. The van der Waals surface area contributed by atoms with Crippen LogP contribution in [0.1, 0.15) is 90.3 Å². The highest BCUT2D eigenvalue weighted by Crippen LogP contribution is 2.55. The van der Waals surface area contributed by atoms with Gasteiger partial charge in [0.25, 0.3) is 0 Å². The van der Waals surface area contributed by atoms with Crippen LogP contribution in [0.25, 0.3) is 10.9 Å². The molecule has 1 N–H and O–H groups in total. The zero-order valence-electron chi connectivity index (χ0n) is 23.8. The Labute approximate surface area is 249 Å². The third-order valence-electron chi connectivity index (χ3n) is 8.02.